The number of rotatable bonds is 9. The highest BCUT2D eigenvalue weighted by molar-refractivity contribution is 7.97. The van der Waals surface area contributed by atoms with E-state index in [0.717, 1.165) is 26.5 Å². The van der Waals surface area contributed by atoms with Crippen molar-refractivity contribution in [3.05, 3.63) is 78.9 Å². The normalized spacial score (nSPS) is 26.3. The van der Waals surface area contributed by atoms with E-state index in [2.05, 4.69) is 4.74 Å². The predicted octanol–water partition coefficient (Wildman–Crippen LogP) is 8.88. The molecule has 40 heavy (non-hydrogen) atoms. The van der Waals surface area contributed by atoms with E-state index in [4.69, 9.17) is 9.47 Å². The van der Waals surface area contributed by atoms with E-state index in [1.165, 1.54) is 38.2 Å². The fourth-order valence-corrected chi connectivity index (χ4v) is 9.24. The van der Waals surface area contributed by atoms with E-state index in [0.29, 0.717) is 11.8 Å². The highest BCUT2D eigenvalue weighted by Crippen LogP contribution is 2.55. The molecule has 7 rings (SSSR count). The van der Waals surface area contributed by atoms with Gasteiger partial charge in [0.2, 0.25) is 6.29 Å². The zero-order valence-electron chi connectivity index (χ0n) is 22.8. The van der Waals surface area contributed by atoms with Crippen molar-refractivity contribution in [2.45, 2.75) is 79.4 Å². The fraction of sp³-hybridized carbons (Fsp3) is 0.455. The van der Waals surface area contributed by atoms with Crippen LogP contribution in [0.4, 0.5) is 13.2 Å². The van der Waals surface area contributed by atoms with Crippen molar-refractivity contribution in [2.75, 3.05) is 0 Å². The van der Waals surface area contributed by atoms with Gasteiger partial charge in [0, 0.05) is 12.0 Å². The largest absolute Gasteiger partial charge is 0.573 e. The molecule has 4 bridgehead atoms. The molecule has 4 aliphatic rings. The van der Waals surface area contributed by atoms with Crippen LogP contribution < -0.4 is 9.47 Å². The van der Waals surface area contributed by atoms with Gasteiger partial charge in [0.1, 0.15) is 0 Å². The van der Waals surface area contributed by atoms with E-state index in [1.54, 1.807) is 12.1 Å². The van der Waals surface area contributed by atoms with E-state index >= 15 is 0 Å². The molecular weight excluding hydrogens is 533 g/mol. The quantitative estimate of drug-likeness (QED) is 0.190. The molecule has 4 fully saturated rings. The molecule has 0 heterocycles. The molecule has 3 aromatic rings. The van der Waals surface area contributed by atoms with E-state index in [1.807, 2.05) is 74.5 Å². The number of alkyl halides is 3. The van der Waals surface area contributed by atoms with Crippen molar-refractivity contribution < 1.29 is 27.4 Å². The summed E-state index contributed by atoms with van der Waals surface area (Å²) in [5, 5.41) is 0. The highest BCUT2D eigenvalue weighted by Gasteiger charge is 2.50. The first-order valence-electron chi connectivity index (χ1n) is 14.3. The lowest BCUT2D eigenvalue weighted by molar-refractivity contribution is -0.276. The predicted molar refractivity (Wildman–Crippen MR) is 149 cm³/mol. The lowest BCUT2D eigenvalue weighted by Gasteiger charge is -2.54. The van der Waals surface area contributed by atoms with Crippen molar-refractivity contribution in [3.63, 3.8) is 0 Å². The molecule has 212 valence electrons. The van der Waals surface area contributed by atoms with Crippen LogP contribution >= 0.6 is 0 Å². The Bertz CT molecular complexity index is 1210. The van der Waals surface area contributed by atoms with Crippen LogP contribution in [0.1, 0.15) is 46.0 Å². The minimum absolute atomic E-state index is 0.0546. The van der Waals surface area contributed by atoms with Crippen LogP contribution in [0.3, 0.4) is 0 Å². The average Bonchev–Trinajstić information content (AvgIpc) is 2.91. The minimum Gasteiger partial charge on any atom is -0.461 e. The van der Waals surface area contributed by atoms with Crippen LogP contribution in [0.5, 0.6) is 11.5 Å². The van der Waals surface area contributed by atoms with Gasteiger partial charge in [0.25, 0.3) is 0 Å². The molecule has 3 aromatic carbocycles. The molecule has 1 unspecified atom stereocenters. The number of ether oxygens (including phenoxy) is 3. The first kappa shape index (κ1) is 27.5. The first-order valence-corrected chi connectivity index (χ1v) is 15.5. The van der Waals surface area contributed by atoms with Gasteiger partial charge in [0.15, 0.2) is 26.2 Å². The van der Waals surface area contributed by atoms with Crippen molar-refractivity contribution >= 4 is 10.9 Å². The number of benzene rings is 3. The van der Waals surface area contributed by atoms with Gasteiger partial charge in [-0.1, -0.05) is 50.2 Å². The fourth-order valence-electron chi connectivity index (χ4n) is 7.14. The standard InChI is InChI=1S/C33H36F3O3S/c1-21(2)32(38-31-24-16-22-15-23(18-24)19-25(31)17-22)37-30-20-28(13-14-29(30)39-33(34,35)36)40(26-9-5-3-6-10-26)27-11-7-4-8-12-27/h3-14,20-25,31-32H,15-19H2,1-2H3/q+1. The monoisotopic (exact) mass is 569 g/mol. The van der Waals surface area contributed by atoms with Gasteiger partial charge in [-0.05, 0) is 92.2 Å². The van der Waals surface area contributed by atoms with Crippen LogP contribution in [-0.4, -0.2) is 18.8 Å². The molecule has 3 nitrogen and oxygen atoms in total. The third-order valence-corrected chi connectivity index (χ3v) is 10.8. The second kappa shape index (κ2) is 11.3. The van der Waals surface area contributed by atoms with Crippen LogP contribution in [0.2, 0.25) is 0 Å². The summed E-state index contributed by atoms with van der Waals surface area (Å²) in [5.74, 6) is 2.29. The maximum Gasteiger partial charge on any atom is 0.573 e. The molecule has 0 aromatic heterocycles. The van der Waals surface area contributed by atoms with Crippen molar-refractivity contribution in [1.29, 1.82) is 0 Å². The maximum atomic E-state index is 13.5. The Balaban J connectivity index is 1.34. The van der Waals surface area contributed by atoms with Gasteiger partial charge >= 0.3 is 6.36 Å². The molecule has 4 aliphatic carbocycles. The first-order chi connectivity index (χ1) is 19.2. The van der Waals surface area contributed by atoms with Crippen LogP contribution in [0, 0.1) is 29.6 Å². The summed E-state index contributed by atoms with van der Waals surface area (Å²) < 4.78 is 57.9. The maximum absolute atomic E-state index is 13.5. The van der Waals surface area contributed by atoms with Crippen LogP contribution in [-0.2, 0) is 15.6 Å². The van der Waals surface area contributed by atoms with Gasteiger partial charge in [-0.15, -0.1) is 13.2 Å². The third kappa shape index (κ3) is 6.01. The Morgan fingerprint density at radius 3 is 1.75 bits per heavy atom. The second-order valence-electron chi connectivity index (χ2n) is 11.9. The number of hydrogen-bond donors (Lipinski definition) is 0. The van der Waals surface area contributed by atoms with E-state index < -0.39 is 23.5 Å². The average molecular weight is 570 g/mol. The summed E-state index contributed by atoms with van der Waals surface area (Å²) in [7, 11) is -0.549. The Morgan fingerprint density at radius 2 is 1.25 bits per heavy atom. The van der Waals surface area contributed by atoms with Crippen LogP contribution in [0.25, 0.3) is 0 Å². The summed E-state index contributed by atoms with van der Waals surface area (Å²) >= 11 is 0. The lowest BCUT2D eigenvalue weighted by Crippen LogP contribution is -2.51. The van der Waals surface area contributed by atoms with Crippen molar-refractivity contribution in [3.8, 4) is 11.5 Å². The van der Waals surface area contributed by atoms with Gasteiger partial charge in [-0.25, -0.2) is 0 Å². The molecule has 0 N–H and O–H groups in total. The summed E-state index contributed by atoms with van der Waals surface area (Å²) in [5.41, 5.74) is 0. The third-order valence-electron chi connectivity index (χ3n) is 8.55. The van der Waals surface area contributed by atoms with Crippen molar-refractivity contribution in [1.82, 2.24) is 0 Å². The SMILES string of the molecule is CC(C)C(Oc1cc([S+](c2ccccc2)c2ccccc2)ccc1OC(F)(F)F)OC1C2CC3CC(C2)CC1C3. The Hall–Kier alpha value is -2.64. The topological polar surface area (TPSA) is 27.7 Å². The Labute approximate surface area is 237 Å². The zero-order chi connectivity index (χ0) is 27.9. The molecule has 4 saturated carbocycles. The van der Waals surface area contributed by atoms with Gasteiger partial charge in [-0.3, -0.25) is 0 Å². The van der Waals surface area contributed by atoms with E-state index in [9.17, 15) is 13.2 Å². The zero-order valence-corrected chi connectivity index (χ0v) is 23.7. The summed E-state index contributed by atoms with van der Waals surface area (Å²) in [4.78, 5) is 2.97. The molecule has 0 spiro atoms. The molecular formula is C33H36F3O3S+. The molecule has 0 aliphatic heterocycles. The molecule has 7 heteroatoms. The molecule has 0 saturated heterocycles. The minimum atomic E-state index is -4.84. The van der Waals surface area contributed by atoms with Gasteiger partial charge in [-0.2, -0.15) is 0 Å². The second-order valence-corrected chi connectivity index (χ2v) is 13.9. The van der Waals surface area contributed by atoms with Gasteiger partial charge < -0.3 is 14.2 Å². The van der Waals surface area contributed by atoms with Crippen molar-refractivity contribution in [2.24, 2.45) is 29.6 Å². The number of halogens is 3. The molecule has 1 atom stereocenters. The van der Waals surface area contributed by atoms with Gasteiger partial charge in [0.05, 0.1) is 17.0 Å². The number of hydrogen-bond acceptors (Lipinski definition) is 3. The van der Waals surface area contributed by atoms with Crippen LogP contribution in [0.15, 0.2) is 93.5 Å². The summed E-state index contributed by atoms with van der Waals surface area (Å²) in [6.45, 7) is 3.99. The molecule has 0 radical (unpaired) electrons. The molecule has 0 amide bonds. The lowest BCUT2D eigenvalue weighted by atomic mass is 9.55. The highest BCUT2D eigenvalue weighted by atomic mass is 32.2. The summed E-state index contributed by atoms with van der Waals surface area (Å²) in [6.07, 6.45) is 0.695. The Morgan fingerprint density at radius 1 is 0.700 bits per heavy atom. The van der Waals surface area contributed by atoms with E-state index in [-0.39, 0.29) is 23.5 Å². The summed E-state index contributed by atoms with van der Waals surface area (Å²) in [6, 6.07) is 24.8. The smallest absolute Gasteiger partial charge is 0.461 e. The Kier molecular flexibility index (Phi) is 7.79.